The predicted molar refractivity (Wildman–Crippen MR) is 99.1 cm³/mol. The van der Waals surface area contributed by atoms with Gasteiger partial charge in [0.05, 0.1) is 17.4 Å². The molecule has 1 saturated heterocycles. The van der Waals surface area contributed by atoms with Gasteiger partial charge in [0.1, 0.15) is 11.6 Å². The number of hydrogen-bond acceptors (Lipinski definition) is 4. The number of halogens is 2. The molecular formula is C19H20F2N2O4S. The highest BCUT2D eigenvalue weighted by Crippen LogP contribution is 2.19. The molecule has 1 aliphatic rings. The predicted octanol–water partition coefficient (Wildman–Crippen LogP) is 2.29. The fourth-order valence-corrected chi connectivity index (χ4v) is 4.09. The van der Waals surface area contributed by atoms with Gasteiger partial charge in [-0.1, -0.05) is 12.1 Å². The summed E-state index contributed by atoms with van der Waals surface area (Å²) in [5.41, 5.74) is 0.915. The van der Waals surface area contributed by atoms with E-state index in [0.29, 0.717) is 37.6 Å². The van der Waals surface area contributed by atoms with Crippen LogP contribution in [-0.2, 0) is 21.2 Å². The van der Waals surface area contributed by atoms with E-state index in [0.717, 1.165) is 12.1 Å². The van der Waals surface area contributed by atoms with Gasteiger partial charge in [-0.2, -0.15) is 0 Å². The van der Waals surface area contributed by atoms with Crippen LogP contribution in [0, 0.1) is 11.6 Å². The molecule has 0 unspecified atom stereocenters. The Kier molecular flexibility index (Phi) is 5.95. The first kappa shape index (κ1) is 20.2. The lowest BCUT2D eigenvalue weighted by atomic mass is 10.1. The zero-order valence-electron chi connectivity index (χ0n) is 14.9. The molecule has 1 aliphatic heterocycles. The highest BCUT2D eigenvalue weighted by molar-refractivity contribution is 7.92. The molecule has 2 aromatic rings. The van der Waals surface area contributed by atoms with Gasteiger partial charge in [-0.15, -0.1) is 0 Å². The van der Waals surface area contributed by atoms with Crippen molar-refractivity contribution in [2.45, 2.75) is 30.3 Å². The van der Waals surface area contributed by atoms with Crippen molar-refractivity contribution in [1.82, 2.24) is 4.90 Å². The van der Waals surface area contributed by atoms with Crippen molar-refractivity contribution in [3.63, 3.8) is 0 Å². The molecule has 1 fully saturated rings. The lowest BCUT2D eigenvalue weighted by Crippen LogP contribution is -2.40. The summed E-state index contributed by atoms with van der Waals surface area (Å²) >= 11 is 0. The van der Waals surface area contributed by atoms with Gasteiger partial charge in [-0.25, -0.2) is 17.2 Å². The van der Waals surface area contributed by atoms with Crippen molar-refractivity contribution in [2.24, 2.45) is 0 Å². The number of aliphatic hydroxyl groups excluding tert-OH is 1. The number of nitrogens with one attached hydrogen (secondary N) is 1. The van der Waals surface area contributed by atoms with Crippen LogP contribution in [0.25, 0.3) is 0 Å². The van der Waals surface area contributed by atoms with Gasteiger partial charge < -0.3 is 10.0 Å². The lowest BCUT2D eigenvalue weighted by Gasteiger charge is -2.29. The first-order valence-corrected chi connectivity index (χ1v) is 10.2. The second kappa shape index (κ2) is 8.24. The normalized spacial score (nSPS) is 15.5. The summed E-state index contributed by atoms with van der Waals surface area (Å²) in [5.74, 6) is -2.03. The van der Waals surface area contributed by atoms with Gasteiger partial charge in [0.2, 0.25) is 5.91 Å². The zero-order valence-corrected chi connectivity index (χ0v) is 15.8. The molecular weight excluding hydrogens is 390 g/mol. The van der Waals surface area contributed by atoms with Gasteiger partial charge in [-0.05, 0) is 42.7 Å². The molecule has 6 nitrogen and oxygen atoms in total. The van der Waals surface area contributed by atoms with Gasteiger partial charge >= 0.3 is 0 Å². The van der Waals surface area contributed by atoms with Crippen LogP contribution in [0.3, 0.4) is 0 Å². The number of hydrogen-bond donors (Lipinski definition) is 2. The maximum absolute atomic E-state index is 13.3. The number of aliphatic hydroxyl groups is 1. The Morgan fingerprint density at radius 1 is 1.07 bits per heavy atom. The molecule has 3 rings (SSSR count). The average molecular weight is 410 g/mol. The Morgan fingerprint density at radius 3 is 2.21 bits per heavy atom. The van der Waals surface area contributed by atoms with Crippen LogP contribution in [0.15, 0.2) is 47.4 Å². The van der Waals surface area contributed by atoms with Crippen LogP contribution < -0.4 is 4.72 Å². The Bertz CT molecular complexity index is 936. The Morgan fingerprint density at radius 2 is 1.64 bits per heavy atom. The van der Waals surface area contributed by atoms with Crippen molar-refractivity contribution >= 4 is 21.6 Å². The van der Waals surface area contributed by atoms with Crippen LogP contribution in [-0.4, -0.2) is 43.5 Å². The Labute approximate surface area is 161 Å². The van der Waals surface area contributed by atoms with Crippen LogP contribution in [0.2, 0.25) is 0 Å². The van der Waals surface area contributed by atoms with Crippen molar-refractivity contribution in [3.05, 3.63) is 59.7 Å². The molecule has 1 amide bonds. The van der Waals surface area contributed by atoms with Crippen molar-refractivity contribution < 1.29 is 27.1 Å². The van der Waals surface area contributed by atoms with Crippen molar-refractivity contribution in [1.29, 1.82) is 0 Å². The number of benzene rings is 2. The molecule has 0 aliphatic carbocycles. The van der Waals surface area contributed by atoms with E-state index in [1.165, 1.54) is 12.1 Å². The standard InChI is InChI=1S/C19H20F2N2O4S/c20-14-10-15(21)12-18(11-14)28(26,27)22-16-3-1-13(2-4-16)9-19(25)23-7-5-17(24)6-8-23/h1-4,10-12,17,22,24H,5-9H2. The molecule has 0 bridgehead atoms. The smallest absolute Gasteiger partial charge is 0.262 e. The maximum Gasteiger partial charge on any atom is 0.262 e. The van der Waals surface area contributed by atoms with Crippen LogP contribution in [0.5, 0.6) is 0 Å². The SMILES string of the molecule is O=C(Cc1ccc(NS(=O)(=O)c2cc(F)cc(F)c2)cc1)N1CCC(O)CC1. The number of anilines is 1. The van der Waals surface area contributed by atoms with Crippen molar-refractivity contribution in [3.8, 4) is 0 Å². The fourth-order valence-electron chi connectivity index (χ4n) is 2.99. The van der Waals surface area contributed by atoms with Gasteiger partial charge in [0.25, 0.3) is 10.0 Å². The first-order valence-electron chi connectivity index (χ1n) is 8.76. The summed E-state index contributed by atoms with van der Waals surface area (Å²) in [4.78, 5) is 13.5. The zero-order chi connectivity index (χ0) is 20.3. The maximum atomic E-state index is 13.3. The molecule has 0 radical (unpaired) electrons. The molecule has 9 heteroatoms. The highest BCUT2D eigenvalue weighted by atomic mass is 32.2. The summed E-state index contributed by atoms with van der Waals surface area (Å²) in [7, 11) is -4.15. The minimum Gasteiger partial charge on any atom is -0.393 e. The molecule has 0 aromatic heterocycles. The van der Waals surface area contributed by atoms with Gasteiger partial charge in [-0.3, -0.25) is 9.52 Å². The minimum absolute atomic E-state index is 0.0598. The topological polar surface area (TPSA) is 86.7 Å². The summed E-state index contributed by atoms with van der Waals surface area (Å²) < 4.78 is 53.3. The molecule has 1 heterocycles. The molecule has 0 saturated carbocycles. The average Bonchev–Trinajstić information content (AvgIpc) is 2.63. The lowest BCUT2D eigenvalue weighted by molar-refractivity contribution is -0.132. The highest BCUT2D eigenvalue weighted by Gasteiger charge is 2.21. The summed E-state index contributed by atoms with van der Waals surface area (Å²) in [5, 5.41) is 9.50. The third-order valence-corrected chi connectivity index (χ3v) is 5.89. The van der Waals surface area contributed by atoms with E-state index in [-0.39, 0.29) is 24.1 Å². The van der Waals surface area contributed by atoms with Crippen molar-refractivity contribution in [2.75, 3.05) is 17.8 Å². The third kappa shape index (κ3) is 5.05. The first-order chi connectivity index (χ1) is 13.2. The second-order valence-corrected chi connectivity index (χ2v) is 8.38. The van der Waals surface area contributed by atoms with E-state index in [2.05, 4.69) is 4.72 Å². The summed E-state index contributed by atoms with van der Waals surface area (Å²) in [6, 6.07) is 8.24. The monoisotopic (exact) mass is 410 g/mol. The number of carbonyl (C=O) groups excluding carboxylic acids is 1. The third-order valence-electron chi connectivity index (χ3n) is 4.53. The van der Waals surface area contributed by atoms with E-state index < -0.39 is 26.6 Å². The van der Waals surface area contributed by atoms with E-state index >= 15 is 0 Å². The number of likely N-dealkylation sites (tertiary alicyclic amines) is 1. The number of carbonyl (C=O) groups is 1. The fraction of sp³-hybridized carbons (Fsp3) is 0.316. The van der Waals surface area contributed by atoms with E-state index in [1.54, 1.807) is 17.0 Å². The summed E-state index contributed by atoms with van der Waals surface area (Å²) in [6.07, 6.45) is 0.932. The van der Waals surface area contributed by atoms with E-state index in [1.807, 2.05) is 0 Å². The molecule has 2 N–H and O–H groups in total. The number of sulfonamides is 1. The van der Waals surface area contributed by atoms with Crippen LogP contribution in [0.4, 0.5) is 14.5 Å². The Balaban J connectivity index is 1.64. The Hall–Kier alpha value is -2.52. The van der Waals surface area contributed by atoms with Gasteiger partial charge in [0, 0.05) is 24.8 Å². The molecule has 150 valence electrons. The van der Waals surface area contributed by atoms with Gasteiger partial charge in [0.15, 0.2) is 0 Å². The molecule has 0 spiro atoms. The quantitative estimate of drug-likeness (QED) is 0.792. The van der Waals surface area contributed by atoms with Crippen LogP contribution in [0.1, 0.15) is 18.4 Å². The molecule has 2 aromatic carbocycles. The number of piperidine rings is 1. The largest absolute Gasteiger partial charge is 0.393 e. The molecule has 0 atom stereocenters. The van der Waals surface area contributed by atoms with E-state index in [9.17, 15) is 27.1 Å². The summed E-state index contributed by atoms with van der Waals surface area (Å²) in [6.45, 7) is 1.03. The minimum atomic E-state index is -4.15. The second-order valence-electron chi connectivity index (χ2n) is 6.70. The molecule has 28 heavy (non-hydrogen) atoms. The number of amides is 1. The number of rotatable bonds is 5. The van der Waals surface area contributed by atoms with E-state index in [4.69, 9.17) is 0 Å². The number of nitrogens with zero attached hydrogens (tertiary/aromatic N) is 1. The van der Waals surface area contributed by atoms with Crippen LogP contribution >= 0.6 is 0 Å².